The lowest BCUT2D eigenvalue weighted by molar-refractivity contribution is -0.118. The third-order valence-electron chi connectivity index (χ3n) is 4.74. The summed E-state index contributed by atoms with van der Waals surface area (Å²) in [6.45, 7) is 3.59. The Morgan fingerprint density at radius 1 is 0.935 bits per heavy atom. The molecule has 0 aliphatic heterocycles. The van der Waals surface area contributed by atoms with Gasteiger partial charge in [-0.25, -0.2) is 0 Å². The smallest absolute Gasteiger partial charge is 0.251 e. The molecule has 1 atom stereocenters. The second-order valence-electron chi connectivity index (χ2n) is 7.36. The van der Waals surface area contributed by atoms with Gasteiger partial charge in [-0.15, -0.1) is 0 Å². The molecule has 0 aromatic heterocycles. The van der Waals surface area contributed by atoms with Gasteiger partial charge >= 0.3 is 0 Å². The summed E-state index contributed by atoms with van der Waals surface area (Å²) in [5.41, 5.74) is 3.00. The summed E-state index contributed by atoms with van der Waals surface area (Å²) in [6.07, 6.45) is 5.74. The number of hydrogen-bond acceptors (Lipinski definition) is 4. The normalized spacial score (nSPS) is 11.5. The molecule has 0 aliphatic carbocycles. The van der Waals surface area contributed by atoms with Crippen LogP contribution in [0.2, 0.25) is 0 Å². The largest absolute Gasteiger partial charge is 0.340 e. The molecule has 0 saturated heterocycles. The van der Waals surface area contributed by atoms with Gasteiger partial charge in [0.2, 0.25) is 11.8 Å². The summed E-state index contributed by atoms with van der Waals surface area (Å²) >= 11 is 1.62. The number of anilines is 2. The Morgan fingerprint density at radius 2 is 1.55 bits per heavy atom. The highest BCUT2D eigenvalue weighted by Gasteiger charge is 2.21. The molecule has 0 saturated carbocycles. The monoisotopic (exact) mass is 441 g/mol. The molecule has 0 fully saturated rings. The van der Waals surface area contributed by atoms with Crippen LogP contribution < -0.4 is 16.0 Å². The lowest BCUT2D eigenvalue weighted by Gasteiger charge is -2.18. The minimum atomic E-state index is -0.644. The predicted molar refractivity (Wildman–Crippen MR) is 129 cm³/mol. The Morgan fingerprint density at radius 3 is 2.10 bits per heavy atom. The number of amides is 3. The van der Waals surface area contributed by atoms with E-state index in [0.29, 0.717) is 23.4 Å². The van der Waals surface area contributed by atoms with Gasteiger partial charge in [0.15, 0.2) is 0 Å². The van der Waals surface area contributed by atoms with Crippen LogP contribution in [0.1, 0.15) is 49.0 Å². The van der Waals surface area contributed by atoms with E-state index in [4.69, 9.17) is 0 Å². The molecule has 2 aromatic carbocycles. The first-order valence-corrected chi connectivity index (χ1v) is 11.9. The molecule has 3 N–H and O–H groups in total. The highest BCUT2D eigenvalue weighted by Crippen LogP contribution is 2.15. The standard InChI is InChI=1S/C24H31N3O3S/c1-4-5-6-18-7-9-19(10-8-18)23(29)27-22(15-16-31-3)24(30)26-21-13-11-20(12-14-21)25-17(2)28/h7-14,22H,4-6,15-16H2,1-3H3,(H,25,28)(H,26,30)(H,27,29). The molecule has 31 heavy (non-hydrogen) atoms. The molecule has 0 heterocycles. The Hall–Kier alpha value is -2.80. The Balaban J connectivity index is 2.01. The van der Waals surface area contributed by atoms with Crippen molar-refractivity contribution in [3.63, 3.8) is 0 Å². The summed E-state index contributed by atoms with van der Waals surface area (Å²) in [5.74, 6) is 0.0593. The maximum absolute atomic E-state index is 12.8. The van der Waals surface area contributed by atoms with Crippen molar-refractivity contribution >= 4 is 40.9 Å². The summed E-state index contributed by atoms with van der Waals surface area (Å²) < 4.78 is 0. The van der Waals surface area contributed by atoms with E-state index in [1.165, 1.54) is 12.5 Å². The first-order valence-electron chi connectivity index (χ1n) is 10.5. The fourth-order valence-corrected chi connectivity index (χ4v) is 3.49. The summed E-state index contributed by atoms with van der Waals surface area (Å²) in [4.78, 5) is 36.7. The van der Waals surface area contributed by atoms with Crippen molar-refractivity contribution in [3.8, 4) is 0 Å². The topological polar surface area (TPSA) is 87.3 Å². The van der Waals surface area contributed by atoms with Gasteiger partial charge in [-0.1, -0.05) is 25.5 Å². The molecule has 166 valence electrons. The lowest BCUT2D eigenvalue weighted by Crippen LogP contribution is -2.44. The summed E-state index contributed by atoms with van der Waals surface area (Å²) in [6, 6.07) is 13.8. The maximum atomic E-state index is 12.8. The van der Waals surface area contributed by atoms with Gasteiger partial charge in [-0.3, -0.25) is 14.4 Å². The maximum Gasteiger partial charge on any atom is 0.251 e. The molecule has 1 unspecified atom stereocenters. The highest BCUT2D eigenvalue weighted by molar-refractivity contribution is 7.98. The van der Waals surface area contributed by atoms with Crippen molar-refractivity contribution in [2.45, 2.75) is 45.6 Å². The number of carbonyl (C=O) groups excluding carboxylic acids is 3. The van der Waals surface area contributed by atoms with E-state index in [0.717, 1.165) is 25.0 Å². The molecular weight excluding hydrogens is 410 g/mol. The second kappa shape index (κ2) is 12.8. The molecule has 0 aliphatic rings. The summed E-state index contributed by atoms with van der Waals surface area (Å²) in [5, 5.41) is 8.40. The van der Waals surface area contributed by atoms with Crippen LogP contribution in [0.3, 0.4) is 0 Å². The SMILES string of the molecule is CCCCc1ccc(C(=O)NC(CCSC)C(=O)Nc2ccc(NC(C)=O)cc2)cc1. The van der Waals surface area contributed by atoms with E-state index < -0.39 is 6.04 Å². The molecule has 2 rings (SSSR count). The lowest BCUT2D eigenvalue weighted by atomic mass is 10.1. The Bertz CT molecular complexity index is 867. The minimum Gasteiger partial charge on any atom is -0.340 e. The zero-order valence-corrected chi connectivity index (χ0v) is 19.2. The van der Waals surface area contributed by atoms with Crippen molar-refractivity contribution in [3.05, 3.63) is 59.7 Å². The predicted octanol–water partition coefficient (Wildman–Crippen LogP) is 4.48. The van der Waals surface area contributed by atoms with Crippen molar-refractivity contribution in [1.29, 1.82) is 0 Å². The number of nitrogens with one attached hydrogen (secondary N) is 3. The van der Waals surface area contributed by atoms with E-state index in [1.54, 1.807) is 36.0 Å². The number of thioether (sulfide) groups is 1. The van der Waals surface area contributed by atoms with Gasteiger partial charge in [-0.2, -0.15) is 11.8 Å². The van der Waals surface area contributed by atoms with Crippen LogP contribution in [0.5, 0.6) is 0 Å². The number of rotatable bonds is 11. The van der Waals surface area contributed by atoms with Crippen LogP contribution >= 0.6 is 11.8 Å². The van der Waals surface area contributed by atoms with E-state index in [2.05, 4.69) is 22.9 Å². The molecule has 0 bridgehead atoms. The van der Waals surface area contributed by atoms with Gasteiger partial charge in [0, 0.05) is 23.9 Å². The average Bonchev–Trinajstić information content (AvgIpc) is 2.76. The average molecular weight is 442 g/mol. The van der Waals surface area contributed by atoms with E-state index in [9.17, 15) is 14.4 Å². The first-order chi connectivity index (χ1) is 14.9. The summed E-state index contributed by atoms with van der Waals surface area (Å²) in [7, 11) is 0. The number of carbonyl (C=O) groups is 3. The number of benzene rings is 2. The molecule has 2 aromatic rings. The molecule has 6 nitrogen and oxygen atoms in total. The quantitative estimate of drug-likeness (QED) is 0.480. The fourth-order valence-electron chi connectivity index (χ4n) is 3.02. The fraction of sp³-hybridized carbons (Fsp3) is 0.375. The molecule has 0 spiro atoms. The number of aryl methyl sites for hydroxylation is 1. The molecule has 3 amide bonds. The first kappa shape index (κ1) is 24.5. The zero-order chi connectivity index (χ0) is 22.6. The van der Waals surface area contributed by atoms with Crippen molar-refractivity contribution in [2.75, 3.05) is 22.6 Å². The Labute approximate surface area is 188 Å². The third-order valence-corrected chi connectivity index (χ3v) is 5.38. The van der Waals surface area contributed by atoms with Gasteiger partial charge < -0.3 is 16.0 Å². The molecule has 7 heteroatoms. The second-order valence-corrected chi connectivity index (χ2v) is 8.34. The van der Waals surface area contributed by atoms with Crippen LogP contribution in [0.25, 0.3) is 0 Å². The van der Waals surface area contributed by atoms with Crippen LogP contribution in [-0.2, 0) is 16.0 Å². The van der Waals surface area contributed by atoms with Gasteiger partial charge in [-0.05, 0) is 73.2 Å². The van der Waals surface area contributed by atoms with Crippen molar-refractivity contribution in [2.24, 2.45) is 0 Å². The van der Waals surface area contributed by atoms with Gasteiger partial charge in [0.05, 0.1) is 0 Å². The van der Waals surface area contributed by atoms with Crippen LogP contribution in [-0.4, -0.2) is 35.8 Å². The molecule has 0 radical (unpaired) electrons. The minimum absolute atomic E-state index is 0.157. The molecular formula is C24H31N3O3S. The van der Waals surface area contributed by atoms with Gasteiger partial charge in [0.1, 0.15) is 6.04 Å². The van der Waals surface area contributed by atoms with E-state index in [-0.39, 0.29) is 17.7 Å². The zero-order valence-electron chi connectivity index (χ0n) is 18.4. The van der Waals surface area contributed by atoms with Crippen LogP contribution in [0, 0.1) is 0 Å². The number of unbranched alkanes of at least 4 members (excludes halogenated alkanes) is 1. The van der Waals surface area contributed by atoms with E-state index >= 15 is 0 Å². The van der Waals surface area contributed by atoms with Crippen LogP contribution in [0.4, 0.5) is 11.4 Å². The Kier molecular flexibility index (Phi) is 10.1. The van der Waals surface area contributed by atoms with E-state index in [1.807, 2.05) is 30.5 Å². The number of hydrogen-bond donors (Lipinski definition) is 3. The third kappa shape index (κ3) is 8.45. The van der Waals surface area contributed by atoms with Crippen LogP contribution in [0.15, 0.2) is 48.5 Å². The van der Waals surface area contributed by atoms with Crippen molar-refractivity contribution < 1.29 is 14.4 Å². The highest BCUT2D eigenvalue weighted by atomic mass is 32.2. The van der Waals surface area contributed by atoms with Crippen molar-refractivity contribution in [1.82, 2.24) is 5.32 Å². The van der Waals surface area contributed by atoms with Gasteiger partial charge in [0.25, 0.3) is 5.91 Å².